The van der Waals surface area contributed by atoms with Crippen LogP contribution in [-0.4, -0.2) is 29.4 Å². The molecule has 3 rings (SSSR count). The number of thiophene rings is 1. The number of aryl methyl sites for hydroxylation is 1. The summed E-state index contributed by atoms with van der Waals surface area (Å²) in [5.41, 5.74) is 0.345. The van der Waals surface area contributed by atoms with Crippen LogP contribution in [0.2, 0.25) is 0 Å². The van der Waals surface area contributed by atoms with Crippen molar-refractivity contribution in [1.82, 2.24) is 0 Å². The van der Waals surface area contributed by atoms with Gasteiger partial charge in [-0.2, -0.15) is 11.8 Å². The third-order valence-electron chi connectivity index (χ3n) is 3.55. The minimum Gasteiger partial charge on any atom is -0.507 e. The molecule has 1 aliphatic rings. The highest BCUT2D eigenvalue weighted by Gasteiger charge is 2.24. The molecule has 0 spiro atoms. The normalized spacial score (nSPS) is 18.5. The zero-order chi connectivity index (χ0) is 16.4. The van der Waals surface area contributed by atoms with Gasteiger partial charge in [-0.1, -0.05) is 0 Å². The van der Waals surface area contributed by atoms with Crippen LogP contribution in [0.4, 0.5) is 0 Å². The zero-order valence-electron chi connectivity index (χ0n) is 12.9. The quantitative estimate of drug-likeness (QED) is 0.828. The van der Waals surface area contributed by atoms with E-state index in [1.165, 1.54) is 15.2 Å². The summed E-state index contributed by atoms with van der Waals surface area (Å²) in [4.78, 5) is 18.0. The molecule has 1 N–H and O–H groups in total. The summed E-state index contributed by atoms with van der Waals surface area (Å²) in [6.07, 6.45) is 2.69. The van der Waals surface area contributed by atoms with Gasteiger partial charge >= 0.3 is 5.63 Å². The number of nitrogens with zero attached hydrogens (tertiary/aromatic N) is 1. The van der Waals surface area contributed by atoms with Crippen LogP contribution in [0.15, 0.2) is 36.6 Å². The Balaban J connectivity index is 1.94. The molecule has 2 aromatic rings. The first-order valence-corrected chi connectivity index (χ1v) is 10.3. The summed E-state index contributed by atoms with van der Waals surface area (Å²) < 4.78 is 6.42. The summed E-state index contributed by atoms with van der Waals surface area (Å²) in [5, 5.41) is 10.4. The molecule has 0 aromatic carbocycles. The van der Waals surface area contributed by atoms with E-state index in [2.05, 4.69) is 23.4 Å². The van der Waals surface area contributed by atoms with Gasteiger partial charge < -0.3 is 9.52 Å². The molecule has 0 amide bonds. The molecule has 7 heteroatoms. The summed E-state index contributed by atoms with van der Waals surface area (Å²) in [7, 11) is 0. The molecule has 2 aromatic heterocycles. The van der Waals surface area contributed by atoms with Crippen LogP contribution in [0.1, 0.15) is 27.9 Å². The molecular formula is C16H17NO3S3. The van der Waals surface area contributed by atoms with Crippen molar-refractivity contribution >= 4 is 40.6 Å². The number of aliphatic imine (C=N–C) groups is 1. The number of hydrogen-bond donors (Lipinski definition) is 1. The highest BCUT2D eigenvalue weighted by molar-refractivity contribution is 8.01. The minimum atomic E-state index is -0.511. The minimum absolute atomic E-state index is 0.0425. The van der Waals surface area contributed by atoms with E-state index in [0.29, 0.717) is 24.4 Å². The van der Waals surface area contributed by atoms with Crippen molar-refractivity contribution in [3.05, 3.63) is 44.8 Å². The van der Waals surface area contributed by atoms with Crippen LogP contribution in [0, 0.1) is 6.92 Å². The number of hydrogen-bond acceptors (Lipinski definition) is 7. The first kappa shape index (κ1) is 16.7. The first-order chi connectivity index (χ1) is 11.1. The third kappa shape index (κ3) is 3.67. The topological polar surface area (TPSA) is 62.8 Å². The number of rotatable bonds is 3. The maximum Gasteiger partial charge on any atom is 0.348 e. The van der Waals surface area contributed by atoms with E-state index in [9.17, 15) is 9.90 Å². The Hall–Kier alpha value is -1.18. The zero-order valence-corrected chi connectivity index (χ0v) is 15.3. The lowest BCUT2D eigenvalue weighted by Crippen LogP contribution is -2.16. The van der Waals surface area contributed by atoms with Gasteiger partial charge in [0.2, 0.25) is 0 Å². The van der Waals surface area contributed by atoms with E-state index in [1.54, 1.807) is 30.0 Å². The molecule has 1 aliphatic heterocycles. The molecule has 1 unspecified atom stereocenters. The van der Waals surface area contributed by atoms with Gasteiger partial charge in [0.05, 0.1) is 9.92 Å². The van der Waals surface area contributed by atoms with Gasteiger partial charge in [-0.05, 0) is 25.3 Å². The van der Waals surface area contributed by atoms with Crippen LogP contribution in [-0.2, 0) is 0 Å². The summed E-state index contributed by atoms with van der Waals surface area (Å²) in [5.74, 6) is 1.26. The van der Waals surface area contributed by atoms with Gasteiger partial charge in [-0.3, -0.25) is 4.99 Å². The Kier molecular flexibility index (Phi) is 5.18. The fourth-order valence-corrected chi connectivity index (χ4v) is 5.41. The van der Waals surface area contributed by atoms with Crippen molar-refractivity contribution in [2.45, 2.75) is 22.8 Å². The van der Waals surface area contributed by atoms with Crippen LogP contribution in [0.25, 0.3) is 0 Å². The standard InChI is InChI=1S/C16H17NO3S3/c1-9-7-11(18)15(16(19)20-9)10-8-13(22-6-5-17-10)12-3-4-14(21-2)23-12/h3-4,7,13,18H,5-6,8H2,1-2H3. The Morgan fingerprint density at radius 1 is 1.43 bits per heavy atom. The number of thioether (sulfide) groups is 2. The fraction of sp³-hybridized carbons (Fsp3) is 0.375. The maximum absolute atomic E-state index is 12.2. The Morgan fingerprint density at radius 2 is 2.26 bits per heavy atom. The monoisotopic (exact) mass is 367 g/mol. The SMILES string of the molecule is CSc1ccc(C2CC(c3c(O)cc(C)oc3=O)=NCCS2)s1. The van der Waals surface area contributed by atoms with E-state index >= 15 is 0 Å². The van der Waals surface area contributed by atoms with E-state index in [4.69, 9.17) is 4.42 Å². The first-order valence-electron chi connectivity index (χ1n) is 7.21. The summed E-state index contributed by atoms with van der Waals surface area (Å²) >= 11 is 5.36. The van der Waals surface area contributed by atoms with Gasteiger partial charge in [0.15, 0.2) is 0 Å². The van der Waals surface area contributed by atoms with Gasteiger partial charge in [0.1, 0.15) is 17.1 Å². The lowest BCUT2D eigenvalue weighted by Gasteiger charge is -2.13. The molecule has 4 nitrogen and oxygen atoms in total. The fourth-order valence-electron chi connectivity index (χ4n) is 2.52. The third-order valence-corrected chi connectivity index (χ3v) is 7.23. The van der Waals surface area contributed by atoms with Crippen molar-refractivity contribution in [3.8, 4) is 5.75 Å². The largest absolute Gasteiger partial charge is 0.507 e. The molecule has 3 heterocycles. The Labute approximate surface area is 147 Å². The molecule has 23 heavy (non-hydrogen) atoms. The Bertz CT molecular complexity index is 794. The van der Waals surface area contributed by atoms with Crippen molar-refractivity contribution in [2.24, 2.45) is 4.99 Å². The predicted molar refractivity (Wildman–Crippen MR) is 98.7 cm³/mol. The van der Waals surface area contributed by atoms with E-state index in [-0.39, 0.29) is 16.6 Å². The van der Waals surface area contributed by atoms with Crippen molar-refractivity contribution < 1.29 is 9.52 Å². The van der Waals surface area contributed by atoms with E-state index in [1.807, 2.05) is 11.8 Å². The highest BCUT2D eigenvalue weighted by Crippen LogP contribution is 2.40. The van der Waals surface area contributed by atoms with Crippen LogP contribution < -0.4 is 5.63 Å². The van der Waals surface area contributed by atoms with Crippen LogP contribution in [0.5, 0.6) is 5.75 Å². The van der Waals surface area contributed by atoms with Crippen LogP contribution in [0.3, 0.4) is 0 Å². The highest BCUT2D eigenvalue weighted by atomic mass is 32.2. The second-order valence-electron chi connectivity index (χ2n) is 5.16. The van der Waals surface area contributed by atoms with Gasteiger partial charge in [0.25, 0.3) is 0 Å². The molecule has 1 atom stereocenters. The molecule has 0 fully saturated rings. The van der Waals surface area contributed by atoms with E-state index < -0.39 is 5.63 Å². The molecule has 0 bridgehead atoms. The average Bonchev–Trinajstić information content (AvgIpc) is 2.85. The smallest absolute Gasteiger partial charge is 0.348 e. The number of aromatic hydroxyl groups is 1. The average molecular weight is 368 g/mol. The van der Waals surface area contributed by atoms with Gasteiger partial charge in [0, 0.05) is 34.9 Å². The summed E-state index contributed by atoms with van der Waals surface area (Å²) in [6.45, 7) is 2.29. The predicted octanol–water partition coefficient (Wildman–Crippen LogP) is 4.10. The van der Waals surface area contributed by atoms with E-state index in [0.717, 1.165) is 5.75 Å². The molecule has 0 radical (unpaired) electrons. The second-order valence-corrected chi connectivity index (χ2v) is 8.69. The van der Waals surface area contributed by atoms with Crippen molar-refractivity contribution in [3.63, 3.8) is 0 Å². The Morgan fingerprint density at radius 3 is 2.96 bits per heavy atom. The lowest BCUT2D eigenvalue weighted by atomic mass is 10.1. The molecule has 0 saturated heterocycles. The molecular weight excluding hydrogens is 350 g/mol. The summed E-state index contributed by atoms with van der Waals surface area (Å²) in [6, 6.07) is 5.75. The van der Waals surface area contributed by atoms with Gasteiger partial charge in [-0.15, -0.1) is 23.1 Å². The second kappa shape index (κ2) is 7.15. The lowest BCUT2D eigenvalue weighted by molar-refractivity contribution is 0.432. The molecule has 122 valence electrons. The molecule has 0 aliphatic carbocycles. The van der Waals surface area contributed by atoms with Crippen molar-refractivity contribution in [1.29, 1.82) is 0 Å². The maximum atomic E-state index is 12.2. The van der Waals surface area contributed by atoms with Crippen LogP contribution >= 0.6 is 34.9 Å². The molecule has 0 saturated carbocycles. The van der Waals surface area contributed by atoms with Crippen molar-refractivity contribution in [2.75, 3.05) is 18.6 Å². The van der Waals surface area contributed by atoms with Gasteiger partial charge in [-0.25, -0.2) is 4.79 Å².